The van der Waals surface area contributed by atoms with Crippen molar-refractivity contribution in [1.29, 1.82) is 0 Å². The summed E-state index contributed by atoms with van der Waals surface area (Å²) in [7, 11) is 0. The number of hydrogen-bond acceptors (Lipinski definition) is 7. The second-order valence-corrected chi connectivity index (χ2v) is 6.95. The van der Waals surface area contributed by atoms with Crippen molar-refractivity contribution in [2.75, 3.05) is 11.5 Å². The fourth-order valence-electron chi connectivity index (χ4n) is 2.18. The van der Waals surface area contributed by atoms with E-state index in [1.54, 1.807) is 0 Å². The number of nitrogens with two attached hydrogens (primary N) is 1. The van der Waals surface area contributed by atoms with E-state index in [2.05, 4.69) is 14.4 Å². The Bertz CT molecular complexity index is 910. The van der Waals surface area contributed by atoms with Gasteiger partial charge in [0.25, 0.3) is 0 Å². The molecular formula is C15H12F3N3O3S2. The summed E-state index contributed by atoms with van der Waals surface area (Å²) in [5, 5.41) is 2.23. The molecule has 0 atom stereocenters. The highest BCUT2D eigenvalue weighted by Crippen LogP contribution is 2.35. The Morgan fingerprint density at radius 2 is 2.15 bits per heavy atom. The first-order chi connectivity index (χ1) is 12.4. The fraction of sp³-hybridized carbons (Fsp3) is 0.133. The third kappa shape index (κ3) is 4.42. The normalized spacial score (nSPS) is 11.5. The van der Waals surface area contributed by atoms with Gasteiger partial charge in [-0.2, -0.15) is 0 Å². The number of aromatic nitrogens is 1. The molecule has 0 aliphatic heterocycles. The second-order valence-electron chi connectivity index (χ2n) is 4.90. The van der Waals surface area contributed by atoms with Crippen LogP contribution in [-0.4, -0.2) is 24.0 Å². The molecule has 6 nitrogen and oxygen atoms in total. The van der Waals surface area contributed by atoms with E-state index < -0.39 is 18.1 Å². The van der Waals surface area contributed by atoms with Gasteiger partial charge in [0.05, 0.1) is 15.4 Å². The average molecular weight is 403 g/mol. The molecule has 11 heteroatoms. The molecule has 1 aromatic carbocycles. The number of benzene rings is 1. The van der Waals surface area contributed by atoms with E-state index in [0.29, 0.717) is 16.6 Å². The minimum absolute atomic E-state index is 0.0683. The van der Waals surface area contributed by atoms with Gasteiger partial charge in [-0.15, -0.1) is 24.5 Å². The Kier molecular flexibility index (Phi) is 5.30. The number of anilines is 1. The molecule has 0 amide bonds. The number of fused-ring (bicyclic) bond motifs is 1. The minimum Gasteiger partial charge on any atom is -0.445 e. The molecule has 138 valence electrons. The molecule has 3 aromatic rings. The fourth-order valence-corrected chi connectivity index (χ4v) is 3.63. The highest BCUT2D eigenvalue weighted by Gasteiger charge is 2.31. The van der Waals surface area contributed by atoms with E-state index >= 15 is 0 Å². The molecule has 0 saturated carbocycles. The first-order valence-electron chi connectivity index (χ1n) is 7.12. The molecule has 3 rings (SSSR count). The van der Waals surface area contributed by atoms with E-state index in [1.165, 1.54) is 41.5 Å². The van der Waals surface area contributed by atoms with Gasteiger partial charge in [0.1, 0.15) is 18.2 Å². The van der Waals surface area contributed by atoms with E-state index in [4.69, 9.17) is 10.5 Å². The van der Waals surface area contributed by atoms with Crippen LogP contribution >= 0.6 is 23.3 Å². The van der Waals surface area contributed by atoms with Crippen molar-refractivity contribution in [3.8, 4) is 5.75 Å². The van der Waals surface area contributed by atoms with Gasteiger partial charge in [0.15, 0.2) is 0 Å². The Hall–Kier alpha value is -2.37. The molecule has 2 heterocycles. The number of ether oxygens (including phenoxy) is 2. The third-order valence-corrected chi connectivity index (χ3v) is 4.99. The number of alkyl halides is 3. The lowest BCUT2D eigenvalue weighted by molar-refractivity contribution is -0.274. The van der Waals surface area contributed by atoms with Crippen LogP contribution in [-0.2, 0) is 4.74 Å². The van der Waals surface area contributed by atoms with Crippen molar-refractivity contribution < 1.29 is 27.4 Å². The monoisotopic (exact) mass is 403 g/mol. The molecule has 0 unspecified atom stereocenters. The van der Waals surface area contributed by atoms with E-state index in [-0.39, 0.29) is 12.4 Å². The Labute approximate surface area is 153 Å². The van der Waals surface area contributed by atoms with Crippen LogP contribution in [0.1, 0.15) is 10.5 Å². The summed E-state index contributed by atoms with van der Waals surface area (Å²) in [5.41, 5.74) is 6.00. The quantitative estimate of drug-likeness (QED) is 0.323. The zero-order valence-electron chi connectivity index (χ0n) is 12.9. The predicted molar refractivity (Wildman–Crippen MR) is 93.3 cm³/mol. The maximum atomic E-state index is 12.6. The molecule has 0 radical (unpaired) electrons. The zero-order chi connectivity index (χ0) is 18.7. The smallest absolute Gasteiger partial charge is 0.445 e. The van der Waals surface area contributed by atoms with E-state index in [9.17, 15) is 18.0 Å². The van der Waals surface area contributed by atoms with Crippen LogP contribution in [0.15, 0.2) is 39.9 Å². The van der Waals surface area contributed by atoms with Crippen LogP contribution in [0.4, 0.5) is 18.9 Å². The van der Waals surface area contributed by atoms with E-state index in [1.807, 2.05) is 17.5 Å². The SMILES string of the molecule is NCOC(=O)c1cc2cc(OC(F)(F)F)cc(NSc3cccs3)c2[nH]1. The van der Waals surface area contributed by atoms with Crippen LogP contribution < -0.4 is 15.2 Å². The van der Waals surface area contributed by atoms with Gasteiger partial charge in [-0.05, 0) is 35.5 Å². The van der Waals surface area contributed by atoms with Crippen LogP contribution in [0, 0.1) is 0 Å². The Balaban J connectivity index is 1.98. The molecule has 2 aromatic heterocycles. The summed E-state index contributed by atoms with van der Waals surface area (Å²) in [4.78, 5) is 14.6. The molecule has 0 fully saturated rings. The molecule has 0 spiro atoms. The van der Waals surface area contributed by atoms with Gasteiger partial charge < -0.3 is 19.2 Å². The molecular weight excluding hydrogens is 391 g/mol. The number of hydrogen-bond donors (Lipinski definition) is 3. The number of rotatable bonds is 6. The summed E-state index contributed by atoms with van der Waals surface area (Å²) < 4.78 is 50.3. The molecule has 0 saturated heterocycles. The molecule has 0 bridgehead atoms. The van der Waals surface area contributed by atoms with Crippen LogP contribution in [0.5, 0.6) is 5.75 Å². The zero-order valence-corrected chi connectivity index (χ0v) is 14.6. The number of aromatic amines is 1. The van der Waals surface area contributed by atoms with Crippen molar-refractivity contribution in [3.05, 3.63) is 41.4 Å². The number of esters is 1. The number of carbonyl (C=O) groups excluding carboxylic acids is 1. The molecule has 4 N–H and O–H groups in total. The lowest BCUT2D eigenvalue weighted by Crippen LogP contribution is -2.17. The Morgan fingerprint density at radius 3 is 2.81 bits per heavy atom. The van der Waals surface area contributed by atoms with E-state index in [0.717, 1.165) is 4.21 Å². The van der Waals surface area contributed by atoms with Crippen LogP contribution in [0.25, 0.3) is 10.9 Å². The van der Waals surface area contributed by atoms with Gasteiger partial charge in [-0.3, -0.25) is 5.73 Å². The molecule has 26 heavy (non-hydrogen) atoms. The largest absolute Gasteiger partial charge is 0.573 e. The number of nitrogens with one attached hydrogen (secondary N) is 2. The van der Waals surface area contributed by atoms with Crippen molar-refractivity contribution in [3.63, 3.8) is 0 Å². The summed E-state index contributed by atoms with van der Waals surface area (Å²) in [6.07, 6.45) is -4.83. The minimum atomic E-state index is -4.83. The van der Waals surface area contributed by atoms with Crippen LogP contribution in [0.2, 0.25) is 0 Å². The highest BCUT2D eigenvalue weighted by molar-refractivity contribution is 8.02. The number of thiophene rings is 1. The highest BCUT2D eigenvalue weighted by atomic mass is 32.2. The van der Waals surface area contributed by atoms with Crippen LogP contribution in [0.3, 0.4) is 0 Å². The molecule has 0 aliphatic carbocycles. The maximum Gasteiger partial charge on any atom is 0.573 e. The van der Waals surface area contributed by atoms with Gasteiger partial charge in [-0.1, -0.05) is 6.07 Å². The summed E-state index contributed by atoms with van der Waals surface area (Å²) in [5.74, 6) is -1.11. The van der Waals surface area contributed by atoms with Crippen molar-refractivity contribution in [2.24, 2.45) is 5.73 Å². The number of halogens is 3. The first-order valence-corrected chi connectivity index (χ1v) is 8.81. The summed E-state index contributed by atoms with van der Waals surface area (Å²) in [6, 6.07) is 7.46. The third-order valence-electron chi connectivity index (χ3n) is 3.13. The topological polar surface area (TPSA) is 89.4 Å². The van der Waals surface area contributed by atoms with Gasteiger partial charge in [0.2, 0.25) is 0 Å². The van der Waals surface area contributed by atoms with Crippen molar-refractivity contribution >= 4 is 45.8 Å². The lowest BCUT2D eigenvalue weighted by Gasteiger charge is -2.12. The summed E-state index contributed by atoms with van der Waals surface area (Å²) in [6.45, 7) is -0.310. The Morgan fingerprint density at radius 1 is 1.35 bits per heavy atom. The standard InChI is InChI=1S/C15H12F3N3O3S2/c16-15(17,18)24-9-4-8-5-11(14(22)23-7-19)20-13(8)10(6-9)21-26-12-2-1-3-25-12/h1-6,20-21H,7,19H2. The van der Waals surface area contributed by atoms with Gasteiger partial charge in [-0.25, -0.2) is 4.79 Å². The molecule has 0 aliphatic rings. The number of H-pyrrole nitrogens is 1. The van der Waals surface area contributed by atoms with Crippen molar-refractivity contribution in [1.82, 2.24) is 4.98 Å². The first kappa shape index (κ1) is 18.4. The number of carbonyl (C=O) groups is 1. The summed E-state index contributed by atoms with van der Waals surface area (Å²) >= 11 is 2.69. The predicted octanol–water partition coefficient (Wildman–Crippen LogP) is 4.32. The maximum absolute atomic E-state index is 12.6. The lowest BCUT2D eigenvalue weighted by atomic mass is 10.2. The van der Waals surface area contributed by atoms with Crippen molar-refractivity contribution in [2.45, 2.75) is 10.6 Å². The average Bonchev–Trinajstić information content (AvgIpc) is 3.20. The van der Waals surface area contributed by atoms with Gasteiger partial charge in [0, 0.05) is 11.5 Å². The second kappa shape index (κ2) is 7.48. The van der Waals surface area contributed by atoms with Gasteiger partial charge >= 0.3 is 12.3 Å².